The largest absolute Gasteiger partial charge is 0.324 e. The van der Waals surface area contributed by atoms with Crippen molar-refractivity contribution in [3.63, 3.8) is 0 Å². The molecule has 0 saturated heterocycles. The fourth-order valence-corrected chi connectivity index (χ4v) is 3.29. The summed E-state index contributed by atoms with van der Waals surface area (Å²) in [5, 5.41) is 0. The summed E-state index contributed by atoms with van der Waals surface area (Å²) in [5.41, 5.74) is 15.0. The van der Waals surface area contributed by atoms with Crippen LogP contribution in [0.3, 0.4) is 0 Å². The molecular formula is C17H27N. The summed E-state index contributed by atoms with van der Waals surface area (Å²) >= 11 is 0. The molecule has 0 radical (unpaired) electrons. The molecule has 1 aliphatic carbocycles. The Hall–Kier alpha value is -0.820. The standard InChI is InChI=1S/C17H27N/c1-10-11(2)13(4)17(14(5)12(10)3)16(18)9-15-7-6-8-15/h15-16H,6-9,18H2,1-5H3. The van der Waals surface area contributed by atoms with Gasteiger partial charge in [-0.25, -0.2) is 0 Å². The molecule has 18 heavy (non-hydrogen) atoms. The van der Waals surface area contributed by atoms with E-state index in [0.717, 1.165) is 5.92 Å². The number of benzene rings is 1. The van der Waals surface area contributed by atoms with Crippen LogP contribution in [0.5, 0.6) is 0 Å². The third-order valence-electron chi connectivity index (χ3n) is 5.24. The molecule has 0 aromatic heterocycles. The Balaban J connectivity index is 2.36. The highest BCUT2D eigenvalue weighted by atomic mass is 14.6. The zero-order valence-electron chi connectivity index (χ0n) is 12.6. The Morgan fingerprint density at radius 2 is 1.33 bits per heavy atom. The summed E-state index contributed by atoms with van der Waals surface area (Å²) in [4.78, 5) is 0. The van der Waals surface area contributed by atoms with E-state index in [1.165, 1.54) is 59.1 Å². The molecule has 100 valence electrons. The second-order valence-corrected chi connectivity index (χ2v) is 6.18. The molecule has 0 aliphatic heterocycles. The molecule has 1 atom stereocenters. The van der Waals surface area contributed by atoms with Gasteiger partial charge in [-0.2, -0.15) is 0 Å². The van der Waals surface area contributed by atoms with E-state index in [1.54, 1.807) is 0 Å². The Kier molecular flexibility index (Phi) is 3.82. The normalized spacial score (nSPS) is 17.7. The molecule has 1 aliphatic rings. The Bertz CT molecular complexity index is 426. The van der Waals surface area contributed by atoms with Crippen LogP contribution in [0.25, 0.3) is 0 Å². The summed E-state index contributed by atoms with van der Waals surface area (Å²) in [5.74, 6) is 0.876. The van der Waals surface area contributed by atoms with Crippen molar-refractivity contribution in [2.75, 3.05) is 0 Å². The summed E-state index contributed by atoms with van der Waals surface area (Å²) in [6, 6.07) is 0.230. The maximum Gasteiger partial charge on any atom is 0.0302 e. The van der Waals surface area contributed by atoms with Crippen molar-refractivity contribution < 1.29 is 0 Å². The lowest BCUT2D eigenvalue weighted by molar-refractivity contribution is 0.277. The number of nitrogens with two attached hydrogens (primary N) is 1. The first kappa shape index (κ1) is 13.6. The molecule has 1 heteroatoms. The molecule has 1 fully saturated rings. The van der Waals surface area contributed by atoms with Gasteiger partial charge in [0.1, 0.15) is 0 Å². The van der Waals surface area contributed by atoms with Gasteiger partial charge in [0.15, 0.2) is 0 Å². The van der Waals surface area contributed by atoms with E-state index in [2.05, 4.69) is 34.6 Å². The molecule has 0 heterocycles. The molecular weight excluding hydrogens is 218 g/mol. The minimum absolute atomic E-state index is 0.230. The SMILES string of the molecule is Cc1c(C)c(C)c(C(N)CC2CCC2)c(C)c1C. The van der Waals surface area contributed by atoms with Gasteiger partial charge in [-0.15, -0.1) is 0 Å². The molecule has 1 aromatic carbocycles. The fraction of sp³-hybridized carbons (Fsp3) is 0.647. The second-order valence-electron chi connectivity index (χ2n) is 6.18. The van der Waals surface area contributed by atoms with E-state index >= 15 is 0 Å². The van der Waals surface area contributed by atoms with E-state index in [4.69, 9.17) is 5.73 Å². The van der Waals surface area contributed by atoms with Crippen LogP contribution >= 0.6 is 0 Å². The quantitative estimate of drug-likeness (QED) is 0.838. The average molecular weight is 245 g/mol. The summed E-state index contributed by atoms with van der Waals surface area (Å²) in [6.07, 6.45) is 5.34. The third kappa shape index (κ3) is 2.21. The molecule has 1 unspecified atom stereocenters. The Labute approximate surface area is 112 Å². The molecule has 1 nitrogen and oxygen atoms in total. The molecule has 2 N–H and O–H groups in total. The zero-order chi connectivity index (χ0) is 13.4. The summed E-state index contributed by atoms with van der Waals surface area (Å²) in [6.45, 7) is 11.2. The number of hydrogen-bond donors (Lipinski definition) is 1. The van der Waals surface area contributed by atoms with Gasteiger partial charge in [-0.3, -0.25) is 0 Å². The number of hydrogen-bond acceptors (Lipinski definition) is 1. The van der Waals surface area contributed by atoms with Gasteiger partial charge in [0.25, 0.3) is 0 Å². The Morgan fingerprint density at radius 1 is 0.889 bits per heavy atom. The van der Waals surface area contributed by atoms with Gasteiger partial charge in [-0.05, 0) is 80.3 Å². The lowest BCUT2D eigenvalue weighted by Gasteiger charge is -2.30. The maximum atomic E-state index is 6.49. The summed E-state index contributed by atoms with van der Waals surface area (Å²) in [7, 11) is 0. The van der Waals surface area contributed by atoms with E-state index in [-0.39, 0.29) is 6.04 Å². The highest BCUT2D eigenvalue weighted by Crippen LogP contribution is 2.37. The van der Waals surface area contributed by atoms with E-state index in [9.17, 15) is 0 Å². The van der Waals surface area contributed by atoms with Crippen LogP contribution in [-0.4, -0.2) is 0 Å². The minimum atomic E-state index is 0.230. The van der Waals surface area contributed by atoms with Gasteiger partial charge < -0.3 is 5.73 Å². The van der Waals surface area contributed by atoms with Crippen molar-refractivity contribution in [1.29, 1.82) is 0 Å². The Morgan fingerprint density at radius 3 is 1.72 bits per heavy atom. The van der Waals surface area contributed by atoms with Gasteiger partial charge in [0, 0.05) is 6.04 Å². The maximum absolute atomic E-state index is 6.49. The van der Waals surface area contributed by atoms with E-state index < -0.39 is 0 Å². The lowest BCUT2D eigenvalue weighted by Crippen LogP contribution is -2.22. The smallest absolute Gasteiger partial charge is 0.0302 e. The highest BCUT2D eigenvalue weighted by Gasteiger charge is 2.24. The molecule has 2 rings (SSSR count). The van der Waals surface area contributed by atoms with Crippen LogP contribution in [-0.2, 0) is 0 Å². The molecule has 0 spiro atoms. The molecule has 0 bridgehead atoms. The topological polar surface area (TPSA) is 26.0 Å². The number of rotatable bonds is 3. The van der Waals surface area contributed by atoms with Gasteiger partial charge in [-0.1, -0.05) is 19.3 Å². The van der Waals surface area contributed by atoms with Crippen LogP contribution in [0, 0.1) is 40.5 Å². The average Bonchev–Trinajstić information content (AvgIpc) is 2.29. The molecule has 1 aromatic rings. The van der Waals surface area contributed by atoms with Crippen molar-refractivity contribution in [2.45, 2.75) is 66.3 Å². The van der Waals surface area contributed by atoms with Crippen LogP contribution < -0.4 is 5.73 Å². The monoisotopic (exact) mass is 245 g/mol. The van der Waals surface area contributed by atoms with E-state index in [1.807, 2.05) is 0 Å². The zero-order valence-corrected chi connectivity index (χ0v) is 12.6. The van der Waals surface area contributed by atoms with Crippen molar-refractivity contribution >= 4 is 0 Å². The van der Waals surface area contributed by atoms with Crippen molar-refractivity contribution in [1.82, 2.24) is 0 Å². The van der Waals surface area contributed by atoms with E-state index in [0.29, 0.717) is 0 Å². The highest BCUT2D eigenvalue weighted by molar-refractivity contribution is 5.50. The van der Waals surface area contributed by atoms with Gasteiger partial charge in [0.2, 0.25) is 0 Å². The van der Waals surface area contributed by atoms with Crippen LogP contribution in [0.4, 0.5) is 0 Å². The third-order valence-corrected chi connectivity index (χ3v) is 5.24. The molecule has 1 saturated carbocycles. The van der Waals surface area contributed by atoms with Gasteiger partial charge >= 0.3 is 0 Å². The first-order valence-electron chi connectivity index (χ1n) is 7.26. The fourth-order valence-electron chi connectivity index (χ4n) is 3.29. The van der Waals surface area contributed by atoms with Crippen LogP contribution in [0.15, 0.2) is 0 Å². The van der Waals surface area contributed by atoms with Crippen molar-refractivity contribution in [3.8, 4) is 0 Å². The molecule has 0 amide bonds. The summed E-state index contributed by atoms with van der Waals surface area (Å²) < 4.78 is 0. The first-order chi connectivity index (χ1) is 8.43. The van der Waals surface area contributed by atoms with Crippen molar-refractivity contribution in [2.24, 2.45) is 11.7 Å². The van der Waals surface area contributed by atoms with Crippen LogP contribution in [0.1, 0.15) is 65.1 Å². The predicted molar refractivity (Wildman–Crippen MR) is 79.0 cm³/mol. The van der Waals surface area contributed by atoms with Crippen LogP contribution in [0.2, 0.25) is 0 Å². The van der Waals surface area contributed by atoms with Crippen molar-refractivity contribution in [3.05, 3.63) is 33.4 Å². The predicted octanol–water partition coefficient (Wildman–Crippen LogP) is 4.42. The second kappa shape index (κ2) is 5.05. The van der Waals surface area contributed by atoms with Gasteiger partial charge in [0.05, 0.1) is 0 Å². The first-order valence-corrected chi connectivity index (χ1v) is 7.26. The lowest BCUT2D eigenvalue weighted by atomic mass is 9.77. The minimum Gasteiger partial charge on any atom is -0.324 e.